The lowest BCUT2D eigenvalue weighted by Gasteiger charge is -2.14. The van der Waals surface area contributed by atoms with Crippen LogP contribution in [0.3, 0.4) is 0 Å². The molecule has 0 unspecified atom stereocenters. The van der Waals surface area contributed by atoms with Crippen molar-refractivity contribution in [3.8, 4) is 11.5 Å². The molecule has 1 heterocycles. The molecule has 0 saturated carbocycles. The van der Waals surface area contributed by atoms with Crippen molar-refractivity contribution >= 4 is 28.9 Å². The summed E-state index contributed by atoms with van der Waals surface area (Å²) in [5.41, 5.74) is 1.64. The number of hydrogen-bond acceptors (Lipinski definition) is 6. The van der Waals surface area contributed by atoms with E-state index in [1.807, 2.05) is 16.8 Å². The van der Waals surface area contributed by atoms with Gasteiger partial charge in [0, 0.05) is 18.6 Å². The van der Waals surface area contributed by atoms with Crippen LogP contribution in [0.1, 0.15) is 22.3 Å². The van der Waals surface area contributed by atoms with Crippen molar-refractivity contribution in [2.24, 2.45) is 0 Å². The van der Waals surface area contributed by atoms with Gasteiger partial charge in [-0.1, -0.05) is 0 Å². The first-order chi connectivity index (χ1) is 11.6. The van der Waals surface area contributed by atoms with Crippen LogP contribution in [0.5, 0.6) is 11.5 Å². The summed E-state index contributed by atoms with van der Waals surface area (Å²) in [7, 11) is 4.23. The monoisotopic (exact) mass is 349 g/mol. The second kappa shape index (κ2) is 8.35. The number of carbonyl (C=O) groups is 2. The summed E-state index contributed by atoms with van der Waals surface area (Å²) in [5.74, 6) is 0.0371. The summed E-state index contributed by atoms with van der Waals surface area (Å²) in [5, 5.41) is 6.72. The molecule has 0 atom stereocenters. The maximum atomic E-state index is 12.2. The number of carbonyl (C=O) groups excluding carboxylic acids is 2. The van der Waals surface area contributed by atoms with E-state index in [4.69, 9.17) is 14.2 Å². The average Bonchev–Trinajstić information content (AvgIpc) is 3.12. The van der Waals surface area contributed by atoms with Gasteiger partial charge in [0.2, 0.25) is 5.91 Å². The Hall–Kier alpha value is -2.54. The molecule has 0 spiro atoms. The Morgan fingerprint density at radius 3 is 2.42 bits per heavy atom. The molecule has 1 amide bonds. The SMILES string of the molecule is COC(=O)c1cc(OC)c(OC)cc1NC(=O)CCc1ccsc1. The molecule has 0 aliphatic carbocycles. The summed E-state index contributed by atoms with van der Waals surface area (Å²) in [6.07, 6.45) is 0.946. The number of anilines is 1. The third-order valence-electron chi connectivity index (χ3n) is 3.42. The Morgan fingerprint density at radius 2 is 1.83 bits per heavy atom. The first-order valence-electron chi connectivity index (χ1n) is 7.24. The topological polar surface area (TPSA) is 73.9 Å². The van der Waals surface area contributed by atoms with Crippen LogP contribution in [-0.4, -0.2) is 33.2 Å². The number of benzene rings is 1. The zero-order chi connectivity index (χ0) is 17.5. The van der Waals surface area contributed by atoms with Crippen molar-refractivity contribution in [3.63, 3.8) is 0 Å². The highest BCUT2D eigenvalue weighted by Gasteiger charge is 2.19. The van der Waals surface area contributed by atoms with Crippen molar-refractivity contribution in [1.29, 1.82) is 0 Å². The van der Waals surface area contributed by atoms with Crippen molar-refractivity contribution in [1.82, 2.24) is 0 Å². The molecule has 0 saturated heterocycles. The quantitative estimate of drug-likeness (QED) is 0.778. The van der Waals surface area contributed by atoms with E-state index < -0.39 is 5.97 Å². The fourth-order valence-corrected chi connectivity index (χ4v) is 2.87. The molecule has 0 fully saturated rings. The number of amides is 1. The highest BCUT2D eigenvalue weighted by atomic mass is 32.1. The van der Waals surface area contributed by atoms with Gasteiger partial charge >= 0.3 is 5.97 Å². The van der Waals surface area contributed by atoms with Crippen molar-refractivity contribution in [2.45, 2.75) is 12.8 Å². The summed E-state index contributed by atoms with van der Waals surface area (Å²) < 4.78 is 15.2. The van der Waals surface area contributed by atoms with Gasteiger partial charge in [0.25, 0.3) is 0 Å². The average molecular weight is 349 g/mol. The minimum absolute atomic E-state index is 0.196. The molecule has 7 heteroatoms. The molecule has 128 valence electrons. The van der Waals surface area contributed by atoms with Crippen molar-refractivity contribution in [2.75, 3.05) is 26.6 Å². The molecule has 2 aromatic rings. The highest BCUT2D eigenvalue weighted by molar-refractivity contribution is 7.07. The number of hydrogen-bond donors (Lipinski definition) is 1. The number of thiophene rings is 1. The zero-order valence-electron chi connectivity index (χ0n) is 13.8. The van der Waals surface area contributed by atoms with Gasteiger partial charge in [-0.15, -0.1) is 0 Å². The number of nitrogens with one attached hydrogen (secondary N) is 1. The summed E-state index contributed by atoms with van der Waals surface area (Å²) in [6, 6.07) is 5.01. The number of aryl methyl sites for hydroxylation is 1. The third-order valence-corrected chi connectivity index (χ3v) is 4.16. The predicted molar refractivity (Wildman–Crippen MR) is 92.2 cm³/mol. The van der Waals surface area contributed by atoms with E-state index in [-0.39, 0.29) is 11.5 Å². The largest absolute Gasteiger partial charge is 0.493 e. The lowest BCUT2D eigenvalue weighted by atomic mass is 10.1. The Balaban J connectivity index is 2.20. The minimum Gasteiger partial charge on any atom is -0.493 e. The van der Waals surface area contributed by atoms with Crippen LogP contribution in [0.15, 0.2) is 29.0 Å². The Labute approximate surface area is 144 Å². The van der Waals surface area contributed by atoms with Crippen LogP contribution in [0.25, 0.3) is 0 Å². The van der Waals surface area contributed by atoms with Crippen LogP contribution in [0.2, 0.25) is 0 Å². The number of rotatable bonds is 7. The summed E-state index contributed by atoms with van der Waals surface area (Å²) in [4.78, 5) is 24.2. The Kier molecular flexibility index (Phi) is 6.20. The molecule has 0 aliphatic rings. The number of ether oxygens (including phenoxy) is 3. The van der Waals surface area contributed by atoms with Crippen LogP contribution in [0.4, 0.5) is 5.69 Å². The van der Waals surface area contributed by atoms with E-state index in [2.05, 4.69) is 5.32 Å². The van der Waals surface area contributed by atoms with Gasteiger partial charge in [-0.25, -0.2) is 4.79 Å². The van der Waals surface area contributed by atoms with Crippen LogP contribution < -0.4 is 14.8 Å². The first kappa shape index (κ1) is 17.8. The van der Waals surface area contributed by atoms with E-state index in [0.717, 1.165) is 5.56 Å². The van der Waals surface area contributed by atoms with Gasteiger partial charge < -0.3 is 19.5 Å². The molecule has 24 heavy (non-hydrogen) atoms. The van der Waals surface area contributed by atoms with Crippen molar-refractivity contribution < 1.29 is 23.8 Å². The fourth-order valence-electron chi connectivity index (χ4n) is 2.17. The lowest BCUT2D eigenvalue weighted by molar-refractivity contribution is -0.116. The molecule has 1 aromatic heterocycles. The van der Waals surface area contributed by atoms with E-state index in [1.165, 1.54) is 27.4 Å². The molecule has 2 rings (SSSR count). The second-order valence-corrected chi connectivity index (χ2v) is 5.70. The molecule has 0 bridgehead atoms. The first-order valence-corrected chi connectivity index (χ1v) is 8.18. The predicted octanol–water partition coefficient (Wildman–Crippen LogP) is 3.12. The van der Waals surface area contributed by atoms with E-state index >= 15 is 0 Å². The van der Waals surface area contributed by atoms with Gasteiger partial charge in [-0.2, -0.15) is 11.3 Å². The Morgan fingerprint density at radius 1 is 1.12 bits per heavy atom. The van der Waals surface area contributed by atoms with Crippen LogP contribution in [0, 0.1) is 0 Å². The number of esters is 1. The fraction of sp³-hybridized carbons (Fsp3) is 0.294. The van der Waals surface area contributed by atoms with Gasteiger partial charge in [0.15, 0.2) is 11.5 Å². The van der Waals surface area contributed by atoms with Crippen LogP contribution >= 0.6 is 11.3 Å². The maximum Gasteiger partial charge on any atom is 0.340 e. The normalized spacial score (nSPS) is 10.1. The minimum atomic E-state index is -0.566. The molecule has 6 nitrogen and oxygen atoms in total. The second-order valence-electron chi connectivity index (χ2n) is 4.92. The standard InChI is InChI=1S/C17H19NO5S/c1-21-14-8-12(17(20)23-3)13(9-15(14)22-2)18-16(19)5-4-11-6-7-24-10-11/h6-10H,4-5H2,1-3H3,(H,18,19). The third kappa shape index (κ3) is 4.26. The van der Waals surface area contributed by atoms with E-state index in [0.29, 0.717) is 30.0 Å². The van der Waals surface area contributed by atoms with E-state index in [1.54, 1.807) is 17.4 Å². The molecule has 0 radical (unpaired) electrons. The van der Waals surface area contributed by atoms with Crippen LogP contribution in [-0.2, 0) is 16.0 Å². The zero-order valence-corrected chi connectivity index (χ0v) is 14.6. The van der Waals surface area contributed by atoms with E-state index in [9.17, 15) is 9.59 Å². The molecular weight excluding hydrogens is 330 g/mol. The van der Waals surface area contributed by atoms with Gasteiger partial charge in [0.05, 0.1) is 32.6 Å². The maximum absolute atomic E-state index is 12.2. The van der Waals surface area contributed by atoms with Gasteiger partial charge in [0.1, 0.15) is 0 Å². The summed E-state index contributed by atoms with van der Waals surface area (Å²) >= 11 is 1.59. The summed E-state index contributed by atoms with van der Waals surface area (Å²) in [6.45, 7) is 0. The van der Waals surface area contributed by atoms with Gasteiger partial charge in [-0.3, -0.25) is 4.79 Å². The molecule has 0 aliphatic heterocycles. The van der Waals surface area contributed by atoms with Gasteiger partial charge in [-0.05, 0) is 28.8 Å². The Bertz CT molecular complexity index is 712. The lowest BCUT2D eigenvalue weighted by Crippen LogP contribution is -2.16. The smallest absolute Gasteiger partial charge is 0.340 e. The molecule has 1 aromatic carbocycles. The highest BCUT2D eigenvalue weighted by Crippen LogP contribution is 2.33. The van der Waals surface area contributed by atoms with Crippen molar-refractivity contribution in [3.05, 3.63) is 40.1 Å². The molecular formula is C17H19NO5S. The molecule has 1 N–H and O–H groups in total. The number of methoxy groups -OCH3 is 3.